The molecule has 2 unspecified atom stereocenters. The van der Waals surface area contributed by atoms with Gasteiger partial charge < -0.3 is 10.0 Å². The second kappa shape index (κ2) is 5.34. The van der Waals surface area contributed by atoms with Crippen LogP contribution in [0.15, 0.2) is 18.2 Å². The van der Waals surface area contributed by atoms with Crippen LogP contribution in [0.3, 0.4) is 0 Å². The highest BCUT2D eigenvalue weighted by molar-refractivity contribution is 6.30. The van der Waals surface area contributed by atoms with Crippen molar-refractivity contribution in [3.05, 3.63) is 34.3 Å². The molecule has 114 valence electrons. The number of hydrogen-bond donors (Lipinski definition) is 1. The molecule has 2 atom stereocenters. The van der Waals surface area contributed by atoms with Gasteiger partial charge in [0.2, 0.25) is 5.91 Å². The molecule has 2 rings (SSSR count). The number of carbonyl (C=O) groups is 2. The van der Waals surface area contributed by atoms with Gasteiger partial charge in [-0.1, -0.05) is 17.7 Å². The van der Waals surface area contributed by atoms with Crippen LogP contribution >= 0.6 is 11.6 Å². The molecule has 1 aromatic rings. The van der Waals surface area contributed by atoms with Gasteiger partial charge in [-0.15, -0.1) is 0 Å². The first-order valence-corrected chi connectivity index (χ1v) is 7.31. The summed E-state index contributed by atoms with van der Waals surface area (Å²) in [5.74, 6) is -1.78. The van der Waals surface area contributed by atoms with E-state index in [1.165, 1.54) is 0 Å². The van der Waals surface area contributed by atoms with Crippen LogP contribution < -0.4 is 0 Å². The highest BCUT2D eigenvalue weighted by atomic mass is 35.5. The third kappa shape index (κ3) is 2.91. The van der Waals surface area contributed by atoms with Crippen molar-refractivity contribution in [2.24, 2.45) is 5.92 Å². The van der Waals surface area contributed by atoms with Gasteiger partial charge in [-0.25, -0.2) is 0 Å². The number of amides is 1. The van der Waals surface area contributed by atoms with Crippen molar-refractivity contribution in [1.29, 1.82) is 0 Å². The van der Waals surface area contributed by atoms with Crippen LogP contribution in [0.5, 0.6) is 0 Å². The van der Waals surface area contributed by atoms with Crippen LogP contribution in [0.4, 0.5) is 0 Å². The topological polar surface area (TPSA) is 57.6 Å². The Kier molecular flexibility index (Phi) is 4.02. The number of nitrogens with zero attached hydrogens (tertiary/aromatic N) is 1. The molecule has 0 aromatic heterocycles. The van der Waals surface area contributed by atoms with E-state index >= 15 is 0 Å². The maximum Gasteiger partial charge on any atom is 0.309 e. The number of halogens is 1. The van der Waals surface area contributed by atoms with Gasteiger partial charge in [0, 0.05) is 17.0 Å². The summed E-state index contributed by atoms with van der Waals surface area (Å²) in [6.45, 7) is 7.66. The number of carboxylic acids is 1. The van der Waals surface area contributed by atoms with E-state index in [0.717, 1.165) is 11.1 Å². The SMILES string of the molecule is Cc1cc(Cl)ccc1C1C(C(=O)O)CC(=O)N1C(C)(C)C. The first-order chi connectivity index (χ1) is 9.62. The maximum absolute atomic E-state index is 12.3. The van der Waals surface area contributed by atoms with E-state index in [2.05, 4.69) is 0 Å². The number of carboxylic acid groups (broad SMARTS) is 1. The summed E-state index contributed by atoms with van der Waals surface area (Å²) >= 11 is 5.98. The standard InChI is InChI=1S/C16H20ClNO3/c1-9-7-10(17)5-6-11(9)14-12(15(20)21)8-13(19)18(14)16(2,3)4/h5-7,12,14H,8H2,1-4H3,(H,20,21). The Hall–Kier alpha value is -1.55. The van der Waals surface area contributed by atoms with Crippen molar-refractivity contribution >= 4 is 23.5 Å². The van der Waals surface area contributed by atoms with Gasteiger partial charge in [0.15, 0.2) is 0 Å². The summed E-state index contributed by atoms with van der Waals surface area (Å²) in [7, 11) is 0. The molecule has 1 aromatic carbocycles. The van der Waals surface area contributed by atoms with Crippen molar-refractivity contribution < 1.29 is 14.7 Å². The molecule has 1 heterocycles. The Bertz CT molecular complexity index is 592. The first-order valence-electron chi connectivity index (χ1n) is 6.94. The summed E-state index contributed by atoms with van der Waals surface area (Å²) in [4.78, 5) is 25.6. The number of likely N-dealkylation sites (tertiary alicyclic amines) is 1. The van der Waals surface area contributed by atoms with Gasteiger partial charge in [0.1, 0.15) is 0 Å². The van der Waals surface area contributed by atoms with E-state index in [0.29, 0.717) is 5.02 Å². The summed E-state index contributed by atoms with van der Waals surface area (Å²) in [6, 6.07) is 4.92. The minimum absolute atomic E-state index is 0.0410. The lowest BCUT2D eigenvalue weighted by Crippen LogP contribution is -2.44. The largest absolute Gasteiger partial charge is 0.481 e. The number of carbonyl (C=O) groups excluding carboxylic acids is 1. The van der Waals surface area contributed by atoms with Crippen LogP contribution in [0.2, 0.25) is 5.02 Å². The number of aliphatic carboxylic acids is 1. The average Bonchev–Trinajstić information content (AvgIpc) is 2.66. The average molecular weight is 310 g/mol. The quantitative estimate of drug-likeness (QED) is 0.910. The fourth-order valence-electron chi connectivity index (χ4n) is 3.07. The predicted octanol–water partition coefficient (Wildman–Crippen LogP) is 3.42. The lowest BCUT2D eigenvalue weighted by Gasteiger charge is -2.39. The zero-order valence-electron chi connectivity index (χ0n) is 12.7. The van der Waals surface area contributed by atoms with Crippen LogP contribution in [0.1, 0.15) is 44.4 Å². The van der Waals surface area contributed by atoms with E-state index in [4.69, 9.17) is 11.6 Å². The fraction of sp³-hybridized carbons (Fsp3) is 0.500. The normalized spacial score (nSPS) is 22.7. The first kappa shape index (κ1) is 15.8. The Morgan fingerprint density at radius 2 is 2.00 bits per heavy atom. The lowest BCUT2D eigenvalue weighted by atomic mass is 9.89. The summed E-state index contributed by atoms with van der Waals surface area (Å²) in [6.07, 6.45) is 0.0410. The minimum Gasteiger partial charge on any atom is -0.481 e. The molecule has 21 heavy (non-hydrogen) atoms. The van der Waals surface area contributed by atoms with Gasteiger partial charge in [0.25, 0.3) is 0 Å². The lowest BCUT2D eigenvalue weighted by molar-refractivity contribution is -0.142. The highest BCUT2D eigenvalue weighted by Crippen LogP contribution is 2.43. The van der Waals surface area contributed by atoms with Crippen LogP contribution in [-0.2, 0) is 9.59 Å². The maximum atomic E-state index is 12.3. The monoisotopic (exact) mass is 309 g/mol. The molecule has 5 heteroatoms. The second-order valence-corrected chi connectivity index (χ2v) is 6.97. The van der Waals surface area contributed by atoms with Crippen LogP contribution in [0, 0.1) is 12.8 Å². The van der Waals surface area contributed by atoms with Crippen molar-refractivity contribution in [3.8, 4) is 0 Å². The van der Waals surface area contributed by atoms with Crippen LogP contribution in [-0.4, -0.2) is 27.4 Å². The third-order valence-corrected chi connectivity index (χ3v) is 4.15. The van der Waals surface area contributed by atoms with Crippen molar-refractivity contribution in [2.45, 2.75) is 45.7 Å². The zero-order chi connectivity index (χ0) is 15.9. The molecule has 1 aliphatic heterocycles. The molecule has 1 aliphatic rings. The van der Waals surface area contributed by atoms with E-state index in [1.54, 1.807) is 17.0 Å². The number of aryl methyl sites for hydroxylation is 1. The van der Waals surface area contributed by atoms with E-state index in [-0.39, 0.29) is 12.3 Å². The Morgan fingerprint density at radius 1 is 1.38 bits per heavy atom. The summed E-state index contributed by atoms with van der Waals surface area (Å²) in [5, 5.41) is 10.1. The van der Waals surface area contributed by atoms with Crippen molar-refractivity contribution in [2.75, 3.05) is 0 Å². The molecule has 1 amide bonds. The molecule has 0 saturated carbocycles. The molecular weight excluding hydrogens is 290 g/mol. The van der Waals surface area contributed by atoms with E-state index in [9.17, 15) is 14.7 Å². The second-order valence-electron chi connectivity index (χ2n) is 6.53. The Morgan fingerprint density at radius 3 is 2.48 bits per heavy atom. The molecule has 0 radical (unpaired) electrons. The Labute approximate surface area is 129 Å². The molecule has 1 saturated heterocycles. The van der Waals surface area contributed by atoms with E-state index < -0.39 is 23.5 Å². The number of benzene rings is 1. The van der Waals surface area contributed by atoms with Crippen molar-refractivity contribution in [1.82, 2.24) is 4.90 Å². The predicted molar refractivity (Wildman–Crippen MR) is 81.3 cm³/mol. The molecule has 0 aliphatic carbocycles. The fourth-order valence-corrected chi connectivity index (χ4v) is 3.30. The molecule has 4 nitrogen and oxygen atoms in total. The highest BCUT2D eigenvalue weighted by Gasteiger charge is 2.48. The smallest absolute Gasteiger partial charge is 0.309 e. The van der Waals surface area contributed by atoms with Gasteiger partial charge in [-0.2, -0.15) is 0 Å². The zero-order valence-corrected chi connectivity index (χ0v) is 13.4. The molecular formula is C16H20ClNO3. The van der Waals surface area contributed by atoms with E-state index in [1.807, 2.05) is 33.8 Å². The number of rotatable bonds is 2. The molecule has 1 N–H and O–H groups in total. The van der Waals surface area contributed by atoms with Crippen LogP contribution in [0.25, 0.3) is 0 Å². The van der Waals surface area contributed by atoms with Crippen molar-refractivity contribution in [3.63, 3.8) is 0 Å². The van der Waals surface area contributed by atoms with Gasteiger partial charge in [-0.3, -0.25) is 9.59 Å². The molecule has 1 fully saturated rings. The number of hydrogen-bond acceptors (Lipinski definition) is 2. The summed E-state index contributed by atoms with van der Waals surface area (Å²) in [5.41, 5.74) is 1.33. The summed E-state index contributed by atoms with van der Waals surface area (Å²) < 4.78 is 0. The third-order valence-electron chi connectivity index (χ3n) is 3.91. The Balaban J connectivity index is 2.57. The van der Waals surface area contributed by atoms with Gasteiger partial charge >= 0.3 is 5.97 Å². The molecule has 0 bridgehead atoms. The molecule has 0 spiro atoms. The minimum atomic E-state index is -0.936. The van der Waals surface area contributed by atoms with Gasteiger partial charge in [-0.05, 0) is 51.0 Å². The van der Waals surface area contributed by atoms with Gasteiger partial charge in [0.05, 0.1) is 12.0 Å².